The Morgan fingerprint density at radius 1 is 0.875 bits per heavy atom. The zero-order valence-corrected chi connectivity index (χ0v) is 17.8. The van der Waals surface area contributed by atoms with Gasteiger partial charge in [0.1, 0.15) is 11.4 Å². The van der Waals surface area contributed by atoms with Gasteiger partial charge in [0.15, 0.2) is 5.82 Å². The first kappa shape index (κ1) is 20.0. The maximum atomic E-state index is 12.9. The maximum Gasteiger partial charge on any atom is 0.253 e. The van der Waals surface area contributed by atoms with E-state index < -0.39 is 0 Å². The van der Waals surface area contributed by atoms with E-state index in [1.165, 1.54) is 0 Å². The highest BCUT2D eigenvalue weighted by molar-refractivity contribution is 6.00. The molecule has 6 heteroatoms. The molecule has 1 N–H and O–H groups in total. The molecule has 0 radical (unpaired) electrons. The fourth-order valence-corrected chi connectivity index (χ4v) is 4.35. The first-order valence-corrected chi connectivity index (χ1v) is 10.8. The van der Waals surface area contributed by atoms with Gasteiger partial charge in [-0.15, -0.1) is 10.2 Å². The van der Waals surface area contributed by atoms with Gasteiger partial charge in [-0.3, -0.25) is 4.79 Å². The van der Waals surface area contributed by atoms with Crippen LogP contribution >= 0.6 is 0 Å². The lowest BCUT2D eigenvalue weighted by atomic mass is 10.0. The molecule has 1 aromatic heterocycles. The molecule has 0 bridgehead atoms. The summed E-state index contributed by atoms with van der Waals surface area (Å²) in [5, 5.41) is 20.8. The number of nitrogens with zero attached hydrogens (tertiary/aromatic N) is 4. The Labute approximate surface area is 186 Å². The van der Waals surface area contributed by atoms with Crippen molar-refractivity contribution in [1.82, 2.24) is 15.1 Å². The number of anilines is 1. The number of piperazine rings is 1. The first-order valence-electron chi connectivity index (χ1n) is 10.8. The lowest BCUT2D eigenvalue weighted by molar-refractivity contribution is 0.0726. The Balaban J connectivity index is 1.45. The second-order valence-corrected chi connectivity index (χ2v) is 8.12. The lowest BCUT2D eigenvalue weighted by Crippen LogP contribution is -2.54. The number of carbonyl (C=O) groups excluding carboxylic acids is 1. The van der Waals surface area contributed by atoms with E-state index in [-0.39, 0.29) is 17.7 Å². The zero-order chi connectivity index (χ0) is 22.1. The molecule has 5 rings (SSSR count). The monoisotopic (exact) mass is 424 g/mol. The number of rotatable bonds is 3. The Morgan fingerprint density at radius 2 is 1.56 bits per heavy atom. The van der Waals surface area contributed by atoms with Crippen LogP contribution in [0.4, 0.5) is 5.82 Å². The van der Waals surface area contributed by atoms with Gasteiger partial charge in [-0.2, -0.15) is 0 Å². The quantitative estimate of drug-likeness (QED) is 0.529. The summed E-state index contributed by atoms with van der Waals surface area (Å²) in [6.07, 6.45) is 0. The highest BCUT2D eigenvalue weighted by Crippen LogP contribution is 2.33. The van der Waals surface area contributed by atoms with Crippen LogP contribution in [0.25, 0.3) is 22.0 Å². The van der Waals surface area contributed by atoms with Crippen LogP contribution in [0.1, 0.15) is 17.3 Å². The van der Waals surface area contributed by atoms with E-state index in [2.05, 4.69) is 34.2 Å². The largest absolute Gasteiger partial charge is 0.508 e. The van der Waals surface area contributed by atoms with Crippen LogP contribution in [0.3, 0.4) is 0 Å². The van der Waals surface area contributed by atoms with Gasteiger partial charge in [0.25, 0.3) is 5.91 Å². The van der Waals surface area contributed by atoms with Gasteiger partial charge in [0.05, 0.1) is 0 Å². The van der Waals surface area contributed by atoms with Crippen molar-refractivity contribution in [3.05, 3.63) is 84.4 Å². The van der Waals surface area contributed by atoms with Crippen molar-refractivity contribution in [1.29, 1.82) is 0 Å². The number of phenolic OH excluding ortho intramolecular Hbond substituents is 1. The summed E-state index contributed by atoms with van der Waals surface area (Å²) in [6.45, 7) is 4.07. The number of hydrogen-bond donors (Lipinski definition) is 1. The molecule has 0 spiro atoms. The average molecular weight is 425 g/mol. The molecule has 2 heterocycles. The molecule has 6 nitrogen and oxygen atoms in total. The van der Waals surface area contributed by atoms with Gasteiger partial charge in [-0.25, -0.2) is 0 Å². The highest BCUT2D eigenvalue weighted by Gasteiger charge is 2.29. The third-order valence-electron chi connectivity index (χ3n) is 6.02. The zero-order valence-electron chi connectivity index (χ0n) is 17.8. The number of hydrogen-bond acceptors (Lipinski definition) is 5. The number of phenols is 1. The van der Waals surface area contributed by atoms with Crippen LogP contribution in [0.2, 0.25) is 0 Å². The third-order valence-corrected chi connectivity index (χ3v) is 6.02. The number of aromatic nitrogens is 2. The van der Waals surface area contributed by atoms with E-state index in [4.69, 9.17) is 0 Å². The van der Waals surface area contributed by atoms with Crippen LogP contribution in [0.5, 0.6) is 5.75 Å². The number of benzene rings is 3. The Hall–Kier alpha value is -3.93. The molecule has 1 amide bonds. The lowest BCUT2D eigenvalue weighted by Gasteiger charge is -2.40. The van der Waals surface area contributed by atoms with E-state index in [0.717, 1.165) is 33.4 Å². The van der Waals surface area contributed by atoms with Crippen molar-refractivity contribution in [3.63, 3.8) is 0 Å². The van der Waals surface area contributed by atoms with Crippen molar-refractivity contribution in [2.45, 2.75) is 13.0 Å². The minimum absolute atomic E-state index is 0.0655. The van der Waals surface area contributed by atoms with Crippen LogP contribution in [-0.4, -0.2) is 51.8 Å². The van der Waals surface area contributed by atoms with Crippen LogP contribution in [-0.2, 0) is 0 Å². The molecule has 0 saturated carbocycles. The minimum atomic E-state index is 0.0655. The van der Waals surface area contributed by atoms with Crippen LogP contribution in [0.15, 0.2) is 78.9 Å². The van der Waals surface area contributed by atoms with Crippen molar-refractivity contribution < 1.29 is 9.90 Å². The topological polar surface area (TPSA) is 69.6 Å². The maximum absolute atomic E-state index is 12.9. The van der Waals surface area contributed by atoms with Crippen LogP contribution < -0.4 is 4.90 Å². The van der Waals surface area contributed by atoms with Gasteiger partial charge >= 0.3 is 0 Å². The molecule has 160 valence electrons. The SMILES string of the molecule is C[C@@H]1CN(C(=O)c2ccccc2)CCN1c1nnc(-c2ccc(O)cc2)c2ccccc12. The number of fused-ring (bicyclic) bond motifs is 1. The molecule has 32 heavy (non-hydrogen) atoms. The summed E-state index contributed by atoms with van der Waals surface area (Å²) < 4.78 is 0. The Morgan fingerprint density at radius 3 is 2.28 bits per heavy atom. The highest BCUT2D eigenvalue weighted by atomic mass is 16.3. The van der Waals surface area contributed by atoms with Crippen molar-refractivity contribution in [2.75, 3.05) is 24.5 Å². The summed E-state index contributed by atoms with van der Waals surface area (Å²) in [6, 6.07) is 24.7. The van der Waals surface area contributed by atoms with Gasteiger partial charge in [0, 0.05) is 47.6 Å². The van der Waals surface area contributed by atoms with Crippen LogP contribution in [0, 0.1) is 0 Å². The van der Waals surface area contributed by atoms with Crippen molar-refractivity contribution >= 4 is 22.5 Å². The number of carbonyl (C=O) groups is 1. The second-order valence-electron chi connectivity index (χ2n) is 8.12. The molecule has 0 unspecified atom stereocenters. The summed E-state index contributed by atoms with van der Waals surface area (Å²) in [5.74, 6) is 1.12. The normalized spacial score (nSPS) is 16.3. The van der Waals surface area contributed by atoms with E-state index in [1.807, 2.05) is 59.5 Å². The Kier molecular flexibility index (Phi) is 5.19. The average Bonchev–Trinajstić information content (AvgIpc) is 2.84. The van der Waals surface area contributed by atoms with Crippen molar-refractivity contribution in [2.24, 2.45) is 0 Å². The molecule has 1 saturated heterocycles. The van der Waals surface area contributed by atoms with Crippen molar-refractivity contribution in [3.8, 4) is 17.0 Å². The second kappa shape index (κ2) is 8.30. The molecule has 4 aromatic rings. The smallest absolute Gasteiger partial charge is 0.253 e. The fraction of sp³-hybridized carbons (Fsp3) is 0.192. The minimum Gasteiger partial charge on any atom is -0.508 e. The molecule has 1 aliphatic heterocycles. The standard InChI is InChI=1S/C26H24N4O2/c1-18-17-29(26(32)20-7-3-2-4-8-20)15-16-30(18)25-23-10-6-5-9-22(23)24(27-28-25)19-11-13-21(31)14-12-19/h2-14,18,31H,15-17H2,1H3/t18-/m1/s1. The van der Waals surface area contributed by atoms with E-state index in [1.54, 1.807) is 12.1 Å². The number of aromatic hydroxyl groups is 1. The van der Waals surface area contributed by atoms with Gasteiger partial charge in [-0.05, 0) is 43.3 Å². The molecular weight excluding hydrogens is 400 g/mol. The first-order chi connectivity index (χ1) is 15.6. The molecule has 1 atom stereocenters. The summed E-state index contributed by atoms with van der Waals surface area (Å²) >= 11 is 0. The predicted molar refractivity (Wildman–Crippen MR) is 126 cm³/mol. The predicted octanol–water partition coefficient (Wildman–Crippen LogP) is 4.35. The third kappa shape index (κ3) is 3.64. The fourth-order valence-electron chi connectivity index (χ4n) is 4.35. The number of amides is 1. The molecule has 1 aliphatic rings. The Bertz CT molecular complexity index is 1260. The summed E-state index contributed by atoms with van der Waals surface area (Å²) in [7, 11) is 0. The van der Waals surface area contributed by atoms with Gasteiger partial charge in [0.2, 0.25) is 0 Å². The molecule has 3 aromatic carbocycles. The molecule has 0 aliphatic carbocycles. The summed E-state index contributed by atoms with van der Waals surface area (Å²) in [4.78, 5) is 17.0. The van der Waals surface area contributed by atoms with E-state index >= 15 is 0 Å². The van der Waals surface area contributed by atoms with E-state index in [0.29, 0.717) is 19.6 Å². The van der Waals surface area contributed by atoms with Gasteiger partial charge < -0.3 is 14.9 Å². The molecular formula is C26H24N4O2. The summed E-state index contributed by atoms with van der Waals surface area (Å²) in [5.41, 5.74) is 2.41. The molecule has 1 fully saturated rings. The van der Waals surface area contributed by atoms with E-state index in [9.17, 15) is 9.90 Å². The van der Waals surface area contributed by atoms with Gasteiger partial charge in [-0.1, -0.05) is 42.5 Å².